The minimum absolute atomic E-state index is 0.00237. The molecule has 2 aromatic heterocycles. The summed E-state index contributed by atoms with van der Waals surface area (Å²) < 4.78 is 53.7. The fraction of sp³-hybridized carbons (Fsp3) is 0.333. The van der Waals surface area contributed by atoms with Crippen LogP contribution in [0.25, 0.3) is 11.1 Å². The van der Waals surface area contributed by atoms with Crippen LogP contribution in [0.1, 0.15) is 28.9 Å². The van der Waals surface area contributed by atoms with Gasteiger partial charge in [-0.2, -0.15) is 5.10 Å². The first kappa shape index (κ1) is 23.6. The number of hydrogen-bond donors (Lipinski definition) is 1. The van der Waals surface area contributed by atoms with Crippen molar-refractivity contribution in [1.82, 2.24) is 25.0 Å². The maximum atomic E-state index is 14.0. The molecular formula is C24H22F3N5O4. The number of aryl methyl sites for hydroxylation is 1. The van der Waals surface area contributed by atoms with Gasteiger partial charge < -0.3 is 19.7 Å². The zero-order valence-corrected chi connectivity index (χ0v) is 19.2. The van der Waals surface area contributed by atoms with Gasteiger partial charge in [0, 0.05) is 68.1 Å². The van der Waals surface area contributed by atoms with Gasteiger partial charge in [0.2, 0.25) is 0 Å². The third-order valence-electron chi connectivity index (χ3n) is 6.26. The summed E-state index contributed by atoms with van der Waals surface area (Å²) in [5.41, 5.74) is 1.14. The number of amides is 2. The van der Waals surface area contributed by atoms with E-state index in [1.807, 2.05) is 0 Å². The van der Waals surface area contributed by atoms with Crippen molar-refractivity contribution in [1.29, 1.82) is 0 Å². The number of carbonyl (C=O) groups is 2. The number of nitrogens with zero attached hydrogens (tertiary/aromatic N) is 4. The first-order chi connectivity index (χ1) is 17.3. The molecule has 0 aliphatic carbocycles. The topological polar surface area (TPSA) is 98.6 Å². The van der Waals surface area contributed by atoms with E-state index in [4.69, 9.17) is 9.47 Å². The Morgan fingerprint density at radius 3 is 2.86 bits per heavy atom. The van der Waals surface area contributed by atoms with Gasteiger partial charge in [-0.15, -0.1) is 0 Å². The summed E-state index contributed by atoms with van der Waals surface area (Å²) in [5.74, 6) is -4.52. The van der Waals surface area contributed by atoms with Gasteiger partial charge in [-0.1, -0.05) is 6.07 Å². The molecule has 9 nitrogen and oxygen atoms in total. The van der Waals surface area contributed by atoms with Crippen LogP contribution >= 0.6 is 0 Å². The SMILES string of the molecule is Cn1cc(-c2cnc(C(=O)NCc3ccc(F)c(F)c3F)cc2O[C@H]2CCN3C(=O)OC[C@@H]3C2)cn1. The first-order valence-corrected chi connectivity index (χ1v) is 11.3. The minimum Gasteiger partial charge on any atom is -0.489 e. The number of rotatable bonds is 6. The summed E-state index contributed by atoms with van der Waals surface area (Å²) in [6.07, 6.45) is 5.50. The normalized spacial score (nSPS) is 19.1. The van der Waals surface area contributed by atoms with Crippen LogP contribution in [0.15, 0.2) is 36.8 Å². The lowest BCUT2D eigenvalue weighted by atomic mass is 10.0. The van der Waals surface area contributed by atoms with Crippen molar-refractivity contribution in [3.05, 3.63) is 65.5 Å². The number of aromatic nitrogens is 3. The van der Waals surface area contributed by atoms with Gasteiger partial charge >= 0.3 is 6.09 Å². The highest BCUT2D eigenvalue weighted by atomic mass is 19.2. The molecule has 2 atom stereocenters. The molecule has 5 rings (SSSR count). The van der Waals surface area contributed by atoms with Crippen molar-refractivity contribution in [3.63, 3.8) is 0 Å². The van der Waals surface area contributed by atoms with Crippen LogP contribution < -0.4 is 10.1 Å². The van der Waals surface area contributed by atoms with E-state index >= 15 is 0 Å². The van der Waals surface area contributed by atoms with Crippen molar-refractivity contribution in [2.75, 3.05) is 13.2 Å². The van der Waals surface area contributed by atoms with E-state index < -0.39 is 23.4 Å². The van der Waals surface area contributed by atoms with Crippen LogP contribution in [0.4, 0.5) is 18.0 Å². The number of carbonyl (C=O) groups excluding carboxylic acids is 2. The second-order valence-electron chi connectivity index (χ2n) is 8.67. The monoisotopic (exact) mass is 501 g/mol. The number of pyridine rings is 1. The first-order valence-electron chi connectivity index (χ1n) is 11.3. The van der Waals surface area contributed by atoms with Crippen LogP contribution in [0.3, 0.4) is 0 Å². The highest BCUT2D eigenvalue weighted by Gasteiger charge is 2.39. The van der Waals surface area contributed by atoms with E-state index in [0.29, 0.717) is 37.3 Å². The van der Waals surface area contributed by atoms with Gasteiger partial charge in [0.25, 0.3) is 5.91 Å². The van der Waals surface area contributed by atoms with E-state index in [2.05, 4.69) is 15.4 Å². The third kappa shape index (κ3) is 4.58. The second-order valence-corrected chi connectivity index (χ2v) is 8.67. The molecule has 3 aromatic rings. The molecule has 2 aliphatic rings. The summed E-state index contributed by atoms with van der Waals surface area (Å²) in [6.45, 7) is 0.436. The lowest BCUT2D eigenvalue weighted by molar-refractivity contribution is 0.0914. The smallest absolute Gasteiger partial charge is 0.410 e. The van der Waals surface area contributed by atoms with E-state index in [1.165, 1.54) is 12.3 Å². The largest absolute Gasteiger partial charge is 0.489 e. The summed E-state index contributed by atoms with van der Waals surface area (Å²) in [6, 6.07) is 3.25. The van der Waals surface area contributed by atoms with Gasteiger partial charge in [0.15, 0.2) is 17.5 Å². The van der Waals surface area contributed by atoms with E-state index in [0.717, 1.165) is 17.7 Å². The third-order valence-corrected chi connectivity index (χ3v) is 6.26. The highest BCUT2D eigenvalue weighted by molar-refractivity contribution is 5.93. The van der Waals surface area contributed by atoms with E-state index in [9.17, 15) is 22.8 Å². The molecule has 2 saturated heterocycles. The molecule has 0 bridgehead atoms. The number of halogens is 3. The minimum atomic E-state index is -1.60. The zero-order valence-electron chi connectivity index (χ0n) is 19.2. The van der Waals surface area contributed by atoms with Crippen molar-refractivity contribution in [3.8, 4) is 16.9 Å². The maximum absolute atomic E-state index is 14.0. The van der Waals surface area contributed by atoms with Gasteiger partial charge in [-0.25, -0.2) is 18.0 Å². The number of ether oxygens (including phenoxy) is 2. The molecule has 1 N–H and O–H groups in total. The number of fused-ring (bicyclic) bond motifs is 1. The molecule has 0 unspecified atom stereocenters. The number of nitrogens with one attached hydrogen (secondary N) is 1. The van der Waals surface area contributed by atoms with Crippen LogP contribution in [-0.2, 0) is 18.3 Å². The predicted octanol–water partition coefficient (Wildman–Crippen LogP) is 3.19. The van der Waals surface area contributed by atoms with Gasteiger partial charge in [0.05, 0.1) is 12.2 Å². The van der Waals surface area contributed by atoms with Crippen LogP contribution in [0.2, 0.25) is 0 Å². The van der Waals surface area contributed by atoms with Crippen LogP contribution in [0, 0.1) is 17.5 Å². The quantitative estimate of drug-likeness (QED) is 0.521. The molecule has 2 amide bonds. The Hall–Kier alpha value is -4.09. The van der Waals surface area contributed by atoms with Crippen LogP contribution in [-0.4, -0.2) is 57.0 Å². The van der Waals surface area contributed by atoms with Crippen molar-refractivity contribution in [2.45, 2.75) is 31.5 Å². The molecule has 188 valence electrons. The summed E-state index contributed by atoms with van der Waals surface area (Å²) >= 11 is 0. The maximum Gasteiger partial charge on any atom is 0.410 e. The molecular weight excluding hydrogens is 479 g/mol. The van der Waals surface area contributed by atoms with Gasteiger partial charge in [-0.3, -0.25) is 14.5 Å². The summed E-state index contributed by atoms with van der Waals surface area (Å²) in [4.78, 5) is 30.5. The summed E-state index contributed by atoms with van der Waals surface area (Å²) in [7, 11) is 1.77. The van der Waals surface area contributed by atoms with Gasteiger partial charge in [0.1, 0.15) is 24.2 Å². The number of cyclic esters (lactones) is 1. The molecule has 1 aromatic carbocycles. The Kier molecular flexibility index (Phi) is 6.25. The van der Waals surface area contributed by atoms with Crippen LogP contribution in [0.5, 0.6) is 5.75 Å². The standard InChI is InChI=1S/C24H22F3N5O4/c1-31-11-14(9-30-31)17-10-28-19(23(33)29-8-13-2-3-18(25)22(27)21(13)26)7-20(17)36-16-4-5-32-15(6-16)12-35-24(32)34/h2-3,7,9-11,15-16H,4-6,8,12H2,1H3,(H,29,33)/t15-,16-/m0/s1. The zero-order chi connectivity index (χ0) is 25.4. The summed E-state index contributed by atoms with van der Waals surface area (Å²) in [5, 5.41) is 6.64. The Labute approximate surface area is 203 Å². The molecule has 0 saturated carbocycles. The lowest BCUT2D eigenvalue weighted by Gasteiger charge is -2.32. The number of benzene rings is 1. The lowest BCUT2D eigenvalue weighted by Crippen LogP contribution is -2.44. The second kappa shape index (κ2) is 9.51. The van der Waals surface area contributed by atoms with Crippen molar-refractivity contribution in [2.24, 2.45) is 7.05 Å². The van der Waals surface area contributed by atoms with Crippen molar-refractivity contribution >= 4 is 12.0 Å². The molecule has 0 spiro atoms. The predicted molar refractivity (Wildman–Crippen MR) is 119 cm³/mol. The Bertz CT molecular complexity index is 1330. The number of hydrogen-bond acceptors (Lipinski definition) is 6. The molecule has 2 aliphatic heterocycles. The fourth-order valence-electron chi connectivity index (χ4n) is 4.35. The van der Waals surface area contributed by atoms with Crippen molar-refractivity contribution < 1.29 is 32.2 Å². The molecule has 0 radical (unpaired) electrons. The average molecular weight is 501 g/mol. The Morgan fingerprint density at radius 2 is 2.08 bits per heavy atom. The van der Waals surface area contributed by atoms with Gasteiger partial charge in [-0.05, 0) is 6.07 Å². The van der Waals surface area contributed by atoms with E-state index in [-0.39, 0.29) is 36.0 Å². The molecule has 36 heavy (non-hydrogen) atoms. The fourth-order valence-corrected chi connectivity index (χ4v) is 4.35. The average Bonchev–Trinajstić information content (AvgIpc) is 3.47. The molecule has 2 fully saturated rings. The Morgan fingerprint density at radius 1 is 1.25 bits per heavy atom. The number of piperidine rings is 1. The Balaban J connectivity index is 1.36. The highest BCUT2D eigenvalue weighted by Crippen LogP contribution is 2.33. The molecule has 12 heteroatoms. The van der Waals surface area contributed by atoms with E-state index in [1.54, 1.807) is 29.0 Å². The molecule has 4 heterocycles.